The van der Waals surface area contributed by atoms with Crippen molar-refractivity contribution in [2.75, 3.05) is 25.5 Å². The lowest BCUT2D eigenvalue weighted by molar-refractivity contribution is -0.131. The van der Waals surface area contributed by atoms with E-state index in [-0.39, 0.29) is 29.8 Å². The summed E-state index contributed by atoms with van der Waals surface area (Å²) in [6.07, 6.45) is 1.68. The van der Waals surface area contributed by atoms with Crippen LogP contribution in [0.3, 0.4) is 0 Å². The van der Waals surface area contributed by atoms with E-state index in [1.807, 2.05) is 34.6 Å². The molecule has 1 heterocycles. The molecule has 1 atom stereocenters. The molecule has 0 aromatic rings. The molecule has 2 amide bonds. The Morgan fingerprint density at radius 3 is 2.50 bits per heavy atom. The number of halogens is 1. The number of hydrogen-bond acceptors (Lipinski definition) is 3. The van der Waals surface area contributed by atoms with Gasteiger partial charge in [0.15, 0.2) is 0 Å². The number of ether oxygens (including phenoxy) is 1. The zero-order valence-corrected chi connectivity index (χ0v) is 15.2. The molecule has 128 valence electrons. The van der Waals surface area contributed by atoms with Crippen LogP contribution in [0.15, 0.2) is 0 Å². The highest BCUT2D eigenvalue weighted by Gasteiger charge is 2.29. The molecule has 1 rings (SSSR count). The van der Waals surface area contributed by atoms with Crippen molar-refractivity contribution in [3.63, 3.8) is 0 Å². The van der Waals surface area contributed by atoms with Gasteiger partial charge in [-0.05, 0) is 53.4 Å². The summed E-state index contributed by atoms with van der Waals surface area (Å²) in [5.74, 6) is 0.225. The molecule has 0 radical (unpaired) electrons. The quantitative estimate of drug-likeness (QED) is 0.743. The Morgan fingerprint density at radius 2 is 2.00 bits per heavy atom. The van der Waals surface area contributed by atoms with E-state index in [2.05, 4.69) is 0 Å². The van der Waals surface area contributed by atoms with E-state index in [9.17, 15) is 9.59 Å². The first kappa shape index (κ1) is 19.1. The fourth-order valence-electron chi connectivity index (χ4n) is 2.66. The van der Waals surface area contributed by atoms with Crippen LogP contribution in [0, 0.1) is 5.92 Å². The number of carbonyl (C=O) groups excluding carboxylic acids is 2. The topological polar surface area (TPSA) is 49.9 Å². The Kier molecular flexibility index (Phi) is 6.98. The summed E-state index contributed by atoms with van der Waals surface area (Å²) in [7, 11) is 0. The standard InChI is InChI=1S/C16H29ClN2O3/c1-12(2)19(14(20)9-17)11-13-7-6-8-18(10-13)15(21)22-16(3,4)5/h12-13H,6-11H2,1-5H3/t13-/m1/s1. The predicted molar refractivity (Wildman–Crippen MR) is 88.1 cm³/mol. The molecule has 22 heavy (non-hydrogen) atoms. The molecule has 1 aliphatic rings. The normalized spacial score (nSPS) is 19.2. The van der Waals surface area contributed by atoms with Gasteiger partial charge in [-0.15, -0.1) is 11.6 Å². The molecule has 1 aliphatic heterocycles. The molecule has 6 heteroatoms. The third-order valence-corrected chi connectivity index (χ3v) is 3.91. The molecule has 0 aromatic heterocycles. The van der Waals surface area contributed by atoms with Crippen LogP contribution in [0.1, 0.15) is 47.5 Å². The van der Waals surface area contributed by atoms with Crippen molar-refractivity contribution < 1.29 is 14.3 Å². The predicted octanol–water partition coefficient (Wildman–Crippen LogP) is 3.11. The van der Waals surface area contributed by atoms with Crippen LogP contribution in [0.25, 0.3) is 0 Å². The second-order valence-electron chi connectivity index (χ2n) is 7.21. The summed E-state index contributed by atoms with van der Waals surface area (Å²) in [6, 6.07) is 0.114. The van der Waals surface area contributed by atoms with Crippen molar-refractivity contribution in [2.45, 2.75) is 59.1 Å². The number of amides is 2. The molecule has 0 bridgehead atoms. The van der Waals surface area contributed by atoms with Gasteiger partial charge in [-0.1, -0.05) is 0 Å². The minimum absolute atomic E-state index is 0.000675. The summed E-state index contributed by atoms with van der Waals surface area (Å²) in [5.41, 5.74) is -0.484. The van der Waals surface area contributed by atoms with Crippen molar-refractivity contribution in [1.82, 2.24) is 9.80 Å². The highest BCUT2D eigenvalue weighted by atomic mass is 35.5. The van der Waals surface area contributed by atoms with Gasteiger partial charge in [0.1, 0.15) is 11.5 Å². The number of likely N-dealkylation sites (tertiary alicyclic amines) is 1. The second-order valence-corrected chi connectivity index (χ2v) is 7.48. The third kappa shape index (κ3) is 6.03. The molecular formula is C16H29ClN2O3. The van der Waals surface area contributed by atoms with Gasteiger partial charge in [0, 0.05) is 25.7 Å². The van der Waals surface area contributed by atoms with Gasteiger partial charge in [-0.3, -0.25) is 4.79 Å². The molecule has 0 N–H and O–H groups in total. The summed E-state index contributed by atoms with van der Waals surface area (Å²) >= 11 is 5.68. The van der Waals surface area contributed by atoms with Crippen molar-refractivity contribution in [3.8, 4) is 0 Å². The number of hydrogen-bond donors (Lipinski definition) is 0. The zero-order valence-electron chi connectivity index (χ0n) is 14.4. The summed E-state index contributed by atoms with van der Waals surface area (Å²) in [5, 5.41) is 0. The molecule has 0 saturated carbocycles. The highest BCUT2D eigenvalue weighted by molar-refractivity contribution is 6.27. The van der Waals surface area contributed by atoms with Crippen molar-refractivity contribution in [3.05, 3.63) is 0 Å². The fraction of sp³-hybridized carbons (Fsp3) is 0.875. The van der Waals surface area contributed by atoms with E-state index in [0.717, 1.165) is 19.4 Å². The number of piperidine rings is 1. The van der Waals surface area contributed by atoms with Crippen LogP contribution in [0.2, 0.25) is 0 Å². The van der Waals surface area contributed by atoms with Crippen molar-refractivity contribution in [2.24, 2.45) is 5.92 Å². The van der Waals surface area contributed by atoms with Gasteiger partial charge in [-0.2, -0.15) is 0 Å². The number of alkyl halides is 1. The molecule has 1 saturated heterocycles. The lowest BCUT2D eigenvalue weighted by Gasteiger charge is -2.37. The lowest BCUT2D eigenvalue weighted by atomic mass is 9.97. The average Bonchev–Trinajstić information content (AvgIpc) is 2.42. The van der Waals surface area contributed by atoms with Crippen molar-refractivity contribution >= 4 is 23.6 Å². The summed E-state index contributed by atoms with van der Waals surface area (Å²) < 4.78 is 5.43. The van der Waals surface area contributed by atoms with Crippen LogP contribution >= 0.6 is 11.6 Å². The Balaban J connectivity index is 2.62. The van der Waals surface area contributed by atoms with Gasteiger partial charge in [0.25, 0.3) is 0 Å². The molecule has 1 fully saturated rings. The monoisotopic (exact) mass is 332 g/mol. The van der Waals surface area contributed by atoms with E-state index in [1.165, 1.54) is 0 Å². The van der Waals surface area contributed by atoms with E-state index in [4.69, 9.17) is 16.3 Å². The maximum Gasteiger partial charge on any atom is 0.410 e. The molecule has 0 aliphatic carbocycles. The minimum atomic E-state index is -0.484. The fourth-order valence-corrected chi connectivity index (χ4v) is 2.82. The van der Waals surface area contributed by atoms with Crippen LogP contribution < -0.4 is 0 Å². The largest absolute Gasteiger partial charge is 0.444 e. The zero-order chi connectivity index (χ0) is 16.9. The van der Waals surface area contributed by atoms with Gasteiger partial charge in [-0.25, -0.2) is 4.79 Å². The molecule has 5 nitrogen and oxygen atoms in total. The third-order valence-electron chi connectivity index (χ3n) is 3.68. The smallest absolute Gasteiger partial charge is 0.410 e. The minimum Gasteiger partial charge on any atom is -0.444 e. The first-order chi connectivity index (χ1) is 10.1. The highest BCUT2D eigenvalue weighted by Crippen LogP contribution is 2.21. The maximum atomic E-state index is 12.2. The van der Waals surface area contributed by atoms with Crippen molar-refractivity contribution in [1.29, 1.82) is 0 Å². The van der Waals surface area contributed by atoms with Gasteiger partial charge in [0.05, 0.1) is 0 Å². The van der Waals surface area contributed by atoms with E-state index >= 15 is 0 Å². The van der Waals surface area contributed by atoms with Gasteiger partial charge < -0.3 is 14.5 Å². The Morgan fingerprint density at radius 1 is 1.36 bits per heavy atom. The van der Waals surface area contributed by atoms with E-state index in [1.54, 1.807) is 9.80 Å². The first-order valence-corrected chi connectivity index (χ1v) is 8.51. The number of rotatable bonds is 4. The number of nitrogens with zero attached hydrogens (tertiary/aromatic N) is 2. The molecule has 0 unspecified atom stereocenters. The second kappa shape index (κ2) is 8.04. The van der Waals surface area contributed by atoms with Crippen LogP contribution in [-0.2, 0) is 9.53 Å². The Bertz CT molecular complexity index is 393. The van der Waals surface area contributed by atoms with Gasteiger partial charge >= 0.3 is 6.09 Å². The Labute approximate surface area is 138 Å². The molecular weight excluding hydrogens is 304 g/mol. The van der Waals surface area contributed by atoms with Crippen LogP contribution in [0.4, 0.5) is 4.79 Å². The SMILES string of the molecule is CC(C)N(C[C@@H]1CCCN(C(=O)OC(C)(C)C)C1)C(=O)CCl. The Hall–Kier alpha value is -0.970. The molecule has 0 spiro atoms. The van der Waals surface area contributed by atoms with Crippen LogP contribution in [-0.4, -0.2) is 59.0 Å². The molecule has 0 aromatic carbocycles. The first-order valence-electron chi connectivity index (χ1n) is 7.97. The van der Waals surface area contributed by atoms with Gasteiger partial charge in [0.2, 0.25) is 5.91 Å². The maximum absolute atomic E-state index is 12.2. The lowest BCUT2D eigenvalue weighted by Crippen LogP contribution is -2.48. The van der Waals surface area contributed by atoms with E-state index in [0.29, 0.717) is 13.1 Å². The van der Waals surface area contributed by atoms with E-state index < -0.39 is 5.60 Å². The van der Waals surface area contributed by atoms with Crippen LogP contribution in [0.5, 0.6) is 0 Å². The number of carbonyl (C=O) groups is 2. The summed E-state index contributed by atoms with van der Waals surface area (Å²) in [4.78, 5) is 27.6. The average molecular weight is 333 g/mol. The summed E-state index contributed by atoms with van der Waals surface area (Å²) in [6.45, 7) is 11.6.